The third-order valence-electron chi connectivity index (χ3n) is 6.24. The molecule has 8 nitrogen and oxygen atoms in total. The molecule has 0 unspecified atom stereocenters. The van der Waals surface area contributed by atoms with Gasteiger partial charge in [-0.25, -0.2) is 9.48 Å². The number of aromatic nitrogens is 3. The van der Waals surface area contributed by atoms with E-state index in [2.05, 4.69) is 15.0 Å². The average Bonchev–Trinajstić information content (AvgIpc) is 3.27. The van der Waals surface area contributed by atoms with Gasteiger partial charge in [0, 0.05) is 5.02 Å². The molecule has 0 radical (unpaired) electrons. The van der Waals surface area contributed by atoms with Gasteiger partial charge in [0.05, 0.1) is 20.3 Å². The van der Waals surface area contributed by atoms with Crippen molar-refractivity contribution in [1.29, 1.82) is 0 Å². The van der Waals surface area contributed by atoms with E-state index < -0.39 is 12.3 Å². The summed E-state index contributed by atoms with van der Waals surface area (Å²) in [5.74, 6) is -0.0796. The van der Waals surface area contributed by atoms with Gasteiger partial charge >= 0.3 is 12.3 Å². The Morgan fingerprint density at radius 2 is 1.76 bits per heavy atom. The van der Waals surface area contributed by atoms with Gasteiger partial charge in [-0.05, 0) is 80.0 Å². The SMILES string of the molecule is CCOC(=O)c1nnn(Cc2ccc(OC)cc2)c1O[C@H]1CC[C@@H](c2cc(OC(F)(F)F)ccc2Cl)CC1. The standard InChI is InChI=1S/C26H27ClF3N3O5/c1-3-36-25(34)23-24(33(32-31-23)15-16-4-8-18(35-2)9-5-16)37-19-10-6-17(7-11-19)21-14-20(12-13-22(21)27)38-26(28,29)30/h4-5,8-9,12-14,17,19H,3,6-7,10-11,15H2,1-2H3/t17-,19+. The van der Waals surface area contributed by atoms with Crippen molar-refractivity contribution in [3.63, 3.8) is 0 Å². The monoisotopic (exact) mass is 553 g/mol. The van der Waals surface area contributed by atoms with E-state index in [1.807, 2.05) is 24.3 Å². The van der Waals surface area contributed by atoms with Crippen molar-refractivity contribution in [1.82, 2.24) is 15.0 Å². The molecule has 1 fully saturated rings. The molecule has 1 saturated carbocycles. The molecule has 12 heteroatoms. The number of rotatable bonds is 9. The Morgan fingerprint density at radius 1 is 1.08 bits per heavy atom. The van der Waals surface area contributed by atoms with Crippen LogP contribution in [-0.4, -0.2) is 47.1 Å². The third kappa shape index (κ3) is 6.89. The molecule has 0 amide bonds. The second kappa shape index (κ2) is 11.9. The van der Waals surface area contributed by atoms with Gasteiger partial charge in [0.25, 0.3) is 0 Å². The minimum Gasteiger partial charge on any atom is -0.497 e. The van der Waals surface area contributed by atoms with Gasteiger partial charge in [-0.1, -0.05) is 28.9 Å². The predicted molar refractivity (Wildman–Crippen MR) is 132 cm³/mol. The maximum atomic E-state index is 12.7. The highest BCUT2D eigenvalue weighted by Gasteiger charge is 2.33. The predicted octanol–water partition coefficient (Wildman–Crippen LogP) is 6.17. The molecule has 2 aromatic carbocycles. The van der Waals surface area contributed by atoms with Gasteiger partial charge < -0.3 is 18.9 Å². The molecule has 1 aliphatic rings. The van der Waals surface area contributed by atoms with Crippen LogP contribution in [0.4, 0.5) is 13.2 Å². The molecule has 38 heavy (non-hydrogen) atoms. The van der Waals surface area contributed by atoms with Gasteiger partial charge in [0.2, 0.25) is 11.6 Å². The summed E-state index contributed by atoms with van der Waals surface area (Å²) in [4.78, 5) is 12.5. The lowest BCUT2D eigenvalue weighted by Crippen LogP contribution is -2.26. The molecule has 0 atom stereocenters. The van der Waals surface area contributed by atoms with E-state index >= 15 is 0 Å². The number of benzene rings is 2. The molecule has 1 heterocycles. The highest BCUT2D eigenvalue weighted by molar-refractivity contribution is 6.31. The number of ether oxygens (including phenoxy) is 4. The fraction of sp³-hybridized carbons (Fsp3) is 0.423. The van der Waals surface area contributed by atoms with Crippen molar-refractivity contribution in [2.45, 2.75) is 57.5 Å². The number of halogens is 4. The van der Waals surface area contributed by atoms with Crippen LogP contribution in [0.25, 0.3) is 0 Å². The molecule has 1 aliphatic carbocycles. The Balaban J connectivity index is 1.48. The largest absolute Gasteiger partial charge is 0.573 e. The summed E-state index contributed by atoms with van der Waals surface area (Å²) in [6.45, 7) is 2.18. The summed E-state index contributed by atoms with van der Waals surface area (Å²) in [5, 5.41) is 8.52. The summed E-state index contributed by atoms with van der Waals surface area (Å²) < 4.78 is 60.1. The van der Waals surface area contributed by atoms with Gasteiger partial charge in [-0.2, -0.15) is 0 Å². The molecule has 0 aliphatic heterocycles. The van der Waals surface area contributed by atoms with Crippen LogP contribution < -0.4 is 14.2 Å². The van der Waals surface area contributed by atoms with Crippen LogP contribution in [-0.2, 0) is 11.3 Å². The van der Waals surface area contributed by atoms with E-state index in [1.165, 1.54) is 22.9 Å². The fourth-order valence-electron chi connectivity index (χ4n) is 4.44. The average molecular weight is 554 g/mol. The first kappa shape index (κ1) is 27.6. The zero-order chi connectivity index (χ0) is 27.3. The number of nitrogens with zero attached hydrogens (tertiary/aromatic N) is 3. The maximum absolute atomic E-state index is 12.7. The van der Waals surface area contributed by atoms with Crippen molar-refractivity contribution in [2.24, 2.45) is 0 Å². The minimum absolute atomic E-state index is 0.0115. The molecule has 3 aromatic rings. The van der Waals surface area contributed by atoms with E-state index in [1.54, 1.807) is 14.0 Å². The number of methoxy groups -OCH3 is 1. The first-order chi connectivity index (χ1) is 18.2. The molecular formula is C26H27ClF3N3O5. The number of alkyl halides is 3. The summed E-state index contributed by atoms with van der Waals surface area (Å²) in [6, 6.07) is 11.3. The summed E-state index contributed by atoms with van der Waals surface area (Å²) in [5.41, 5.74) is 1.49. The second-order valence-corrected chi connectivity index (χ2v) is 9.20. The van der Waals surface area contributed by atoms with Crippen molar-refractivity contribution in [3.8, 4) is 17.4 Å². The molecule has 4 rings (SSSR count). The molecule has 0 bridgehead atoms. The van der Waals surface area contributed by atoms with Crippen molar-refractivity contribution >= 4 is 17.6 Å². The Hall–Kier alpha value is -3.47. The Kier molecular flexibility index (Phi) is 8.65. The van der Waals surface area contributed by atoms with Crippen molar-refractivity contribution in [2.75, 3.05) is 13.7 Å². The maximum Gasteiger partial charge on any atom is 0.573 e. The molecule has 0 N–H and O–H groups in total. The Bertz CT molecular complexity index is 1240. The topological polar surface area (TPSA) is 84.7 Å². The summed E-state index contributed by atoms with van der Waals surface area (Å²) >= 11 is 6.31. The summed E-state index contributed by atoms with van der Waals surface area (Å²) in [6.07, 6.45) is -2.64. The molecule has 204 valence electrons. The zero-order valence-electron chi connectivity index (χ0n) is 20.8. The van der Waals surface area contributed by atoms with Crippen LogP contribution in [0, 0.1) is 0 Å². The normalized spacial score (nSPS) is 17.6. The van der Waals surface area contributed by atoms with E-state index in [9.17, 15) is 18.0 Å². The van der Waals surface area contributed by atoms with Gasteiger partial charge in [0.1, 0.15) is 17.6 Å². The molecule has 1 aromatic heterocycles. The third-order valence-corrected chi connectivity index (χ3v) is 6.59. The lowest BCUT2D eigenvalue weighted by Gasteiger charge is -2.30. The lowest BCUT2D eigenvalue weighted by molar-refractivity contribution is -0.274. The highest BCUT2D eigenvalue weighted by Crippen LogP contribution is 2.40. The van der Waals surface area contributed by atoms with E-state index in [4.69, 9.17) is 25.8 Å². The van der Waals surface area contributed by atoms with Crippen molar-refractivity contribution < 1.29 is 36.9 Å². The smallest absolute Gasteiger partial charge is 0.497 e. The summed E-state index contributed by atoms with van der Waals surface area (Å²) in [7, 11) is 1.58. The Morgan fingerprint density at radius 3 is 2.39 bits per heavy atom. The number of carbonyl (C=O) groups is 1. The minimum atomic E-state index is -4.78. The van der Waals surface area contributed by atoms with Crippen LogP contribution >= 0.6 is 11.6 Å². The quantitative estimate of drug-likeness (QED) is 0.293. The van der Waals surface area contributed by atoms with Gasteiger partial charge in [-0.15, -0.1) is 18.3 Å². The van der Waals surface area contributed by atoms with Gasteiger partial charge in [-0.3, -0.25) is 0 Å². The molecule has 0 spiro atoms. The van der Waals surface area contributed by atoms with Crippen LogP contribution in [0.15, 0.2) is 42.5 Å². The lowest BCUT2D eigenvalue weighted by atomic mass is 9.82. The van der Waals surface area contributed by atoms with Crippen LogP contribution in [0.1, 0.15) is 60.1 Å². The number of carbonyl (C=O) groups excluding carboxylic acids is 1. The zero-order valence-corrected chi connectivity index (χ0v) is 21.6. The number of esters is 1. The van der Waals surface area contributed by atoms with Crippen LogP contribution in [0.3, 0.4) is 0 Å². The van der Waals surface area contributed by atoms with E-state index in [-0.39, 0.29) is 36.0 Å². The highest BCUT2D eigenvalue weighted by atomic mass is 35.5. The number of hydrogen-bond acceptors (Lipinski definition) is 7. The Labute approximate surface area is 222 Å². The molecule has 0 saturated heterocycles. The first-order valence-electron chi connectivity index (χ1n) is 12.1. The fourth-order valence-corrected chi connectivity index (χ4v) is 4.71. The molecular weight excluding hydrogens is 527 g/mol. The van der Waals surface area contributed by atoms with Crippen LogP contribution in [0.2, 0.25) is 5.02 Å². The first-order valence-corrected chi connectivity index (χ1v) is 12.5. The van der Waals surface area contributed by atoms with Gasteiger partial charge in [0.15, 0.2) is 0 Å². The number of hydrogen-bond donors (Lipinski definition) is 0. The van der Waals surface area contributed by atoms with Crippen molar-refractivity contribution in [3.05, 3.63) is 64.3 Å². The van der Waals surface area contributed by atoms with Crippen LogP contribution in [0.5, 0.6) is 17.4 Å². The van der Waals surface area contributed by atoms with E-state index in [0.717, 1.165) is 5.56 Å². The second-order valence-electron chi connectivity index (χ2n) is 8.79. The van der Waals surface area contributed by atoms with E-state index in [0.29, 0.717) is 48.6 Å².